The Morgan fingerprint density at radius 1 is 1.36 bits per heavy atom. The number of carbonyl (C=O) groups excluding carboxylic acids is 1. The fraction of sp³-hybridized carbons (Fsp3) is 0.421. The fourth-order valence-corrected chi connectivity index (χ4v) is 3.29. The molecule has 6 nitrogen and oxygen atoms in total. The van der Waals surface area contributed by atoms with Crippen LogP contribution in [0.4, 0.5) is 0 Å². The molecule has 1 fully saturated rings. The Kier molecular flexibility index (Phi) is 4.99. The van der Waals surface area contributed by atoms with Gasteiger partial charge in [0.1, 0.15) is 5.69 Å². The molecule has 1 amide bonds. The van der Waals surface area contributed by atoms with Crippen molar-refractivity contribution in [3.8, 4) is 0 Å². The Labute approximate surface area is 146 Å². The number of nitrogens with zero attached hydrogens (tertiary/aromatic N) is 2. The van der Waals surface area contributed by atoms with E-state index in [4.69, 9.17) is 0 Å². The molecule has 0 spiro atoms. The lowest BCUT2D eigenvalue weighted by Crippen LogP contribution is -2.48. The highest BCUT2D eigenvalue weighted by atomic mass is 16.3. The summed E-state index contributed by atoms with van der Waals surface area (Å²) in [5, 5.41) is 12.7. The van der Waals surface area contributed by atoms with Crippen LogP contribution in [0.5, 0.6) is 0 Å². The zero-order valence-electron chi connectivity index (χ0n) is 14.5. The topological polar surface area (TPSA) is 84.2 Å². The van der Waals surface area contributed by atoms with Crippen LogP contribution in [0.2, 0.25) is 0 Å². The summed E-state index contributed by atoms with van der Waals surface area (Å²) < 4.78 is 1.72. The second-order valence-corrected chi connectivity index (χ2v) is 6.80. The second kappa shape index (κ2) is 7.19. The molecule has 0 aromatic carbocycles. The Morgan fingerprint density at radius 3 is 2.68 bits per heavy atom. The number of aliphatic hydroxyl groups is 1. The zero-order valence-corrected chi connectivity index (χ0v) is 14.5. The second-order valence-electron chi connectivity index (χ2n) is 6.80. The Morgan fingerprint density at radius 2 is 2.04 bits per heavy atom. The molecular formula is C19H23N3O3. The van der Waals surface area contributed by atoms with Crippen molar-refractivity contribution in [2.24, 2.45) is 13.0 Å². The molecular weight excluding hydrogens is 318 g/mol. The van der Waals surface area contributed by atoms with Crippen molar-refractivity contribution in [3.05, 3.63) is 63.8 Å². The minimum Gasteiger partial charge on any atom is -0.393 e. The van der Waals surface area contributed by atoms with Crippen LogP contribution in [0.1, 0.15) is 34.6 Å². The quantitative estimate of drug-likeness (QED) is 0.856. The van der Waals surface area contributed by atoms with E-state index in [2.05, 4.69) is 10.3 Å². The molecule has 0 aliphatic heterocycles. The van der Waals surface area contributed by atoms with Gasteiger partial charge in [0.2, 0.25) is 0 Å². The molecule has 0 saturated heterocycles. The van der Waals surface area contributed by atoms with Gasteiger partial charge in [-0.25, -0.2) is 0 Å². The van der Waals surface area contributed by atoms with Gasteiger partial charge in [0.15, 0.2) is 5.43 Å². The van der Waals surface area contributed by atoms with Gasteiger partial charge >= 0.3 is 0 Å². The first-order valence-corrected chi connectivity index (χ1v) is 8.49. The number of rotatable bonds is 5. The minimum absolute atomic E-state index is 0.0890. The number of amides is 1. The van der Waals surface area contributed by atoms with Crippen LogP contribution < -0.4 is 10.7 Å². The number of aryl methyl sites for hydroxylation is 1. The van der Waals surface area contributed by atoms with E-state index in [0.29, 0.717) is 25.0 Å². The van der Waals surface area contributed by atoms with Gasteiger partial charge in [-0.15, -0.1) is 0 Å². The molecule has 2 N–H and O–H groups in total. The molecule has 3 rings (SSSR count). The average Bonchev–Trinajstić information content (AvgIpc) is 2.55. The van der Waals surface area contributed by atoms with Gasteiger partial charge in [0.25, 0.3) is 5.91 Å². The molecule has 25 heavy (non-hydrogen) atoms. The Hall–Kier alpha value is -2.47. The normalized spacial score (nSPS) is 20.6. The van der Waals surface area contributed by atoms with Crippen molar-refractivity contribution in [2.75, 3.05) is 0 Å². The fourth-order valence-electron chi connectivity index (χ4n) is 3.29. The lowest BCUT2D eigenvalue weighted by atomic mass is 9.75. The van der Waals surface area contributed by atoms with Gasteiger partial charge in [0, 0.05) is 43.3 Å². The van der Waals surface area contributed by atoms with Crippen molar-refractivity contribution in [3.63, 3.8) is 0 Å². The summed E-state index contributed by atoms with van der Waals surface area (Å²) in [5.74, 6) is -0.0299. The van der Waals surface area contributed by atoms with Crippen LogP contribution in [-0.2, 0) is 13.5 Å². The summed E-state index contributed by atoms with van der Waals surface area (Å²) in [7, 11) is 1.77. The van der Waals surface area contributed by atoms with Crippen molar-refractivity contribution < 1.29 is 9.90 Å². The first kappa shape index (κ1) is 17.4. The maximum Gasteiger partial charge on any atom is 0.268 e. The number of hydrogen-bond donors (Lipinski definition) is 2. The van der Waals surface area contributed by atoms with Crippen LogP contribution in [0.3, 0.4) is 0 Å². The van der Waals surface area contributed by atoms with E-state index < -0.39 is 0 Å². The third-order valence-electron chi connectivity index (χ3n) is 4.99. The maximum absolute atomic E-state index is 12.8. The number of nitrogens with one attached hydrogen (secondary N) is 1. The summed E-state index contributed by atoms with van der Waals surface area (Å²) in [6.45, 7) is 1.80. The van der Waals surface area contributed by atoms with Gasteiger partial charge < -0.3 is 15.0 Å². The SMILES string of the molecule is Cc1cc(=O)cc(C(=O)N[C@@H](Cc2ccncc2)C2CC(O)C2)n1C. The van der Waals surface area contributed by atoms with Crippen LogP contribution in [-0.4, -0.2) is 32.7 Å². The van der Waals surface area contributed by atoms with Crippen LogP contribution in [0, 0.1) is 12.8 Å². The molecule has 1 aliphatic carbocycles. The predicted molar refractivity (Wildman–Crippen MR) is 94.3 cm³/mol. The number of hydrogen-bond acceptors (Lipinski definition) is 4. The Balaban J connectivity index is 1.80. The van der Waals surface area contributed by atoms with E-state index in [-0.39, 0.29) is 29.4 Å². The summed E-state index contributed by atoms with van der Waals surface area (Å²) in [6, 6.07) is 6.64. The highest BCUT2D eigenvalue weighted by Crippen LogP contribution is 2.31. The van der Waals surface area contributed by atoms with E-state index in [1.165, 1.54) is 12.1 Å². The van der Waals surface area contributed by atoms with Crippen LogP contribution in [0.25, 0.3) is 0 Å². The van der Waals surface area contributed by atoms with Crippen molar-refractivity contribution in [1.82, 2.24) is 14.9 Å². The van der Waals surface area contributed by atoms with E-state index in [1.54, 1.807) is 30.9 Å². The lowest BCUT2D eigenvalue weighted by molar-refractivity contribution is 0.0238. The molecule has 6 heteroatoms. The Bertz CT molecular complexity index is 810. The molecule has 132 valence electrons. The first-order chi connectivity index (χ1) is 11.9. The molecule has 0 unspecified atom stereocenters. The van der Waals surface area contributed by atoms with Crippen molar-refractivity contribution in [2.45, 2.75) is 38.3 Å². The number of pyridine rings is 2. The zero-order chi connectivity index (χ0) is 18.0. The van der Waals surface area contributed by atoms with Gasteiger partial charge in [-0.2, -0.15) is 0 Å². The summed E-state index contributed by atoms with van der Waals surface area (Å²) >= 11 is 0. The largest absolute Gasteiger partial charge is 0.393 e. The molecule has 0 radical (unpaired) electrons. The maximum atomic E-state index is 12.8. The van der Waals surface area contributed by atoms with Crippen molar-refractivity contribution >= 4 is 5.91 Å². The van der Waals surface area contributed by atoms with Crippen LogP contribution >= 0.6 is 0 Å². The molecule has 1 saturated carbocycles. The number of aliphatic hydroxyl groups excluding tert-OH is 1. The third kappa shape index (κ3) is 3.96. The van der Waals surface area contributed by atoms with Crippen molar-refractivity contribution in [1.29, 1.82) is 0 Å². The molecule has 2 aromatic heterocycles. The van der Waals surface area contributed by atoms with Gasteiger partial charge in [0.05, 0.1) is 6.10 Å². The van der Waals surface area contributed by atoms with Gasteiger partial charge in [-0.3, -0.25) is 14.6 Å². The first-order valence-electron chi connectivity index (χ1n) is 8.49. The highest BCUT2D eigenvalue weighted by Gasteiger charge is 2.35. The average molecular weight is 341 g/mol. The summed E-state index contributed by atoms with van der Waals surface area (Å²) in [6.07, 6.45) is 5.21. The minimum atomic E-state index is -0.287. The molecule has 1 atom stereocenters. The smallest absolute Gasteiger partial charge is 0.268 e. The predicted octanol–water partition coefficient (Wildman–Crippen LogP) is 1.20. The van der Waals surface area contributed by atoms with Crippen LogP contribution in [0.15, 0.2) is 41.5 Å². The molecule has 1 aliphatic rings. The van der Waals surface area contributed by atoms with Gasteiger partial charge in [-0.1, -0.05) is 0 Å². The number of aromatic nitrogens is 2. The summed E-state index contributed by atoms with van der Waals surface area (Å²) in [4.78, 5) is 28.5. The van der Waals surface area contributed by atoms with Gasteiger partial charge in [-0.05, 0) is 49.8 Å². The molecule has 2 heterocycles. The van der Waals surface area contributed by atoms with E-state index >= 15 is 0 Å². The van der Waals surface area contributed by atoms with E-state index in [0.717, 1.165) is 11.3 Å². The summed E-state index contributed by atoms with van der Waals surface area (Å²) in [5.41, 5.74) is 2.00. The lowest BCUT2D eigenvalue weighted by Gasteiger charge is -2.38. The molecule has 2 aromatic rings. The third-order valence-corrected chi connectivity index (χ3v) is 4.99. The molecule has 0 bridgehead atoms. The highest BCUT2D eigenvalue weighted by molar-refractivity contribution is 5.92. The standard InChI is InChI=1S/C19H23N3O3/c1-12-7-15(23)11-18(22(12)2)19(25)21-17(14-9-16(24)10-14)8-13-3-5-20-6-4-13/h3-7,11,14,16-17,24H,8-10H2,1-2H3,(H,21,25)/t14?,16?,17-/m0/s1. The monoisotopic (exact) mass is 341 g/mol. The number of carbonyl (C=O) groups is 1. The van der Waals surface area contributed by atoms with E-state index in [1.807, 2.05) is 12.1 Å². The van der Waals surface area contributed by atoms with E-state index in [9.17, 15) is 14.7 Å².